The summed E-state index contributed by atoms with van der Waals surface area (Å²) in [6.07, 6.45) is 6.36. The van der Waals surface area contributed by atoms with Gasteiger partial charge in [0.25, 0.3) is 5.91 Å². The Morgan fingerprint density at radius 3 is 3.00 bits per heavy atom. The zero-order valence-corrected chi connectivity index (χ0v) is 14.0. The van der Waals surface area contributed by atoms with E-state index < -0.39 is 0 Å². The zero-order valence-electron chi connectivity index (χ0n) is 13.2. The molecule has 1 saturated carbocycles. The van der Waals surface area contributed by atoms with Gasteiger partial charge in [-0.3, -0.25) is 9.78 Å². The lowest BCUT2D eigenvalue weighted by atomic mass is 9.86. The molecule has 1 aliphatic rings. The summed E-state index contributed by atoms with van der Waals surface area (Å²) in [5.74, 6) is 1.03. The maximum atomic E-state index is 12.2. The number of halogens is 1. The second-order valence-electron chi connectivity index (χ2n) is 6.17. The second-order valence-corrected chi connectivity index (χ2v) is 6.58. The Morgan fingerprint density at radius 1 is 1.35 bits per heavy atom. The van der Waals surface area contributed by atoms with E-state index in [0.717, 1.165) is 11.8 Å². The van der Waals surface area contributed by atoms with Crippen LogP contribution in [0.15, 0.2) is 30.5 Å². The Bertz CT molecular complexity index is 704. The van der Waals surface area contributed by atoms with E-state index in [4.69, 9.17) is 16.3 Å². The third kappa shape index (κ3) is 3.75. The van der Waals surface area contributed by atoms with E-state index in [0.29, 0.717) is 22.2 Å². The highest BCUT2D eigenvalue weighted by molar-refractivity contribution is 6.35. The Kier molecular flexibility index (Phi) is 5.01. The van der Waals surface area contributed by atoms with Gasteiger partial charge in [0, 0.05) is 17.6 Å². The second kappa shape index (κ2) is 7.18. The molecule has 2 atom stereocenters. The van der Waals surface area contributed by atoms with Gasteiger partial charge in [0.2, 0.25) is 0 Å². The molecular formula is C18H21ClN2O2. The number of nitrogens with one attached hydrogen (secondary N) is 1. The van der Waals surface area contributed by atoms with Gasteiger partial charge in [-0.05, 0) is 43.0 Å². The minimum atomic E-state index is -0.0808. The number of hydrogen-bond acceptors (Lipinski definition) is 3. The van der Waals surface area contributed by atoms with Gasteiger partial charge in [0.1, 0.15) is 11.3 Å². The highest BCUT2D eigenvalue weighted by Gasteiger charge is 2.22. The molecule has 3 rings (SSSR count). The van der Waals surface area contributed by atoms with Gasteiger partial charge < -0.3 is 10.1 Å². The summed E-state index contributed by atoms with van der Waals surface area (Å²) in [5.41, 5.74) is 0.679. The fourth-order valence-electron chi connectivity index (χ4n) is 3.15. The third-order valence-electron chi connectivity index (χ3n) is 4.50. The van der Waals surface area contributed by atoms with Crippen LogP contribution >= 0.6 is 11.6 Å². The van der Waals surface area contributed by atoms with Gasteiger partial charge in [0.15, 0.2) is 6.61 Å². The lowest BCUT2D eigenvalue weighted by Gasteiger charge is -2.29. The fraction of sp³-hybridized carbons (Fsp3) is 0.444. The molecule has 1 heterocycles. The molecule has 5 heteroatoms. The topological polar surface area (TPSA) is 51.2 Å². The first-order valence-electron chi connectivity index (χ1n) is 8.10. The van der Waals surface area contributed by atoms with E-state index >= 15 is 0 Å². The van der Waals surface area contributed by atoms with Gasteiger partial charge in [-0.15, -0.1) is 0 Å². The highest BCUT2D eigenvalue weighted by Crippen LogP contribution is 2.29. The number of ether oxygens (including phenoxy) is 1. The van der Waals surface area contributed by atoms with Crippen LogP contribution in [0.25, 0.3) is 10.9 Å². The van der Waals surface area contributed by atoms with Crippen molar-refractivity contribution >= 4 is 28.4 Å². The Balaban J connectivity index is 1.64. The first kappa shape index (κ1) is 16.1. The predicted molar refractivity (Wildman–Crippen MR) is 91.8 cm³/mol. The molecule has 1 aromatic carbocycles. The van der Waals surface area contributed by atoms with E-state index in [1.807, 2.05) is 12.1 Å². The van der Waals surface area contributed by atoms with Crippen LogP contribution in [0.2, 0.25) is 5.02 Å². The normalized spacial score (nSPS) is 21.1. The number of benzene rings is 1. The summed E-state index contributed by atoms with van der Waals surface area (Å²) in [4.78, 5) is 16.5. The largest absolute Gasteiger partial charge is 0.481 e. The average Bonchev–Trinajstić information content (AvgIpc) is 2.57. The smallest absolute Gasteiger partial charge is 0.258 e. The van der Waals surface area contributed by atoms with Crippen molar-refractivity contribution in [2.24, 2.45) is 5.92 Å². The monoisotopic (exact) mass is 332 g/mol. The summed E-state index contributed by atoms with van der Waals surface area (Å²) < 4.78 is 5.68. The van der Waals surface area contributed by atoms with Gasteiger partial charge >= 0.3 is 0 Å². The van der Waals surface area contributed by atoms with E-state index in [-0.39, 0.29) is 18.6 Å². The SMILES string of the molecule is C[C@@H]1CCCC[C@@H]1NC(=O)COc1ccc(Cl)c2cccnc12. The number of fused-ring (bicyclic) bond motifs is 1. The number of nitrogens with zero attached hydrogens (tertiary/aromatic N) is 1. The summed E-state index contributed by atoms with van der Waals surface area (Å²) >= 11 is 6.16. The van der Waals surface area contributed by atoms with Crippen LogP contribution in [0.4, 0.5) is 0 Å². The molecule has 0 unspecified atom stereocenters. The van der Waals surface area contributed by atoms with Crippen molar-refractivity contribution < 1.29 is 9.53 Å². The van der Waals surface area contributed by atoms with E-state index in [9.17, 15) is 4.79 Å². The molecule has 1 aliphatic carbocycles. The summed E-state index contributed by atoms with van der Waals surface area (Å²) in [6, 6.07) is 7.51. The van der Waals surface area contributed by atoms with Crippen LogP contribution in [0.1, 0.15) is 32.6 Å². The molecular weight excluding hydrogens is 312 g/mol. The van der Waals surface area contributed by atoms with Crippen LogP contribution in [-0.2, 0) is 4.79 Å². The molecule has 0 aliphatic heterocycles. The zero-order chi connectivity index (χ0) is 16.2. The van der Waals surface area contributed by atoms with Crippen LogP contribution < -0.4 is 10.1 Å². The van der Waals surface area contributed by atoms with Crippen molar-refractivity contribution in [3.8, 4) is 5.75 Å². The van der Waals surface area contributed by atoms with Crippen LogP contribution in [0.3, 0.4) is 0 Å². The van der Waals surface area contributed by atoms with Crippen molar-refractivity contribution in [1.82, 2.24) is 10.3 Å². The van der Waals surface area contributed by atoms with E-state index in [2.05, 4.69) is 17.2 Å². The Morgan fingerprint density at radius 2 is 2.17 bits per heavy atom. The quantitative estimate of drug-likeness (QED) is 0.922. The van der Waals surface area contributed by atoms with Crippen molar-refractivity contribution in [2.75, 3.05) is 6.61 Å². The van der Waals surface area contributed by atoms with Crippen molar-refractivity contribution in [2.45, 2.75) is 38.6 Å². The predicted octanol–water partition coefficient (Wildman–Crippen LogP) is 3.96. The molecule has 1 fully saturated rings. The molecule has 122 valence electrons. The molecule has 1 aromatic heterocycles. The average molecular weight is 333 g/mol. The minimum absolute atomic E-state index is 0.00345. The van der Waals surface area contributed by atoms with E-state index in [1.54, 1.807) is 18.3 Å². The maximum Gasteiger partial charge on any atom is 0.258 e. The summed E-state index contributed by atoms with van der Waals surface area (Å²) in [5, 5.41) is 4.54. The molecule has 23 heavy (non-hydrogen) atoms. The standard InChI is InChI=1S/C18H21ClN2O2/c1-12-5-2-3-7-15(12)21-17(22)11-23-16-9-8-14(19)13-6-4-10-20-18(13)16/h4,6,8-10,12,15H,2-3,5,7,11H2,1H3,(H,21,22)/t12-,15+/m1/s1. The van der Waals surface area contributed by atoms with Crippen LogP contribution in [0, 0.1) is 5.92 Å². The number of carbonyl (C=O) groups is 1. The molecule has 4 nitrogen and oxygen atoms in total. The lowest BCUT2D eigenvalue weighted by molar-refractivity contribution is -0.124. The van der Waals surface area contributed by atoms with E-state index in [1.165, 1.54) is 19.3 Å². The lowest BCUT2D eigenvalue weighted by Crippen LogP contribution is -2.43. The number of rotatable bonds is 4. The minimum Gasteiger partial charge on any atom is -0.481 e. The summed E-state index contributed by atoms with van der Waals surface area (Å²) in [6.45, 7) is 2.19. The van der Waals surface area contributed by atoms with Crippen molar-refractivity contribution in [3.05, 3.63) is 35.5 Å². The molecule has 0 saturated heterocycles. The Hall–Kier alpha value is -1.81. The Labute approximate surface area is 141 Å². The molecule has 1 N–H and O–H groups in total. The highest BCUT2D eigenvalue weighted by atomic mass is 35.5. The van der Waals surface area contributed by atoms with Crippen LogP contribution in [0.5, 0.6) is 5.75 Å². The fourth-order valence-corrected chi connectivity index (χ4v) is 3.37. The van der Waals surface area contributed by atoms with Gasteiger partial charge in [-0.25, -0.2) is 0 Å². The number of carbonyl (C=O) groups excluding carboxylic acids is 1. The van der Waals surface area contributed by atoms with Gasteiger partial charge in [-0.2, -0.15) is 0 Å². The first-order valence-corrected chi connectivity index (χ1v) is 8.48. The molecule has 0 spiro atoms. The molecule has 1 amide bonds. The maximum absolute atomic E-state index is 12.2. The number of hydrogen-bond donors (Lipinski definition) is 1. The van der Waals surface area contributed by atoms with Gasteiger partial charge in [0.05, 0.1) is 5.02 Å². The number of amides is 1. The summed E-state index contributed by atoms with van der Waals surface area (Å²) in [7, 11) is 0. The van der Waals surface area contributed by atoms with Crippen molar-refractivity contribution in [1.29, 1.82) is 0 Å². The van der Waals surface area contributed by atoms with Gasteiger partial charge in [-0.1, -0.05) is 31.4 Å². The van der Waals surface area contributed by atoms with Crippen molar-refractivity contribution in [3.63, 3.8) is 0 Å². The molecule has 2 aromatic rings. The number of aromatic nitrogens is 1. The first-order chi connectivity index (χ1) is 11.1. The van der Waals surface area contributed by atoms with Crippen LogP contribution in [-0.4, -0.2) is 23.5 Å². The molecule has 0 radical (unpaired) electrons. The molecule has 0 bridgehead atoms. The number of pyridine rings is 1. The third-order valence-corrected chi connectivity index (χ3v) is 4.83.